The second kappa shape index (κ2) is 45.6. The molecule has 0 spiro atoms. The van der Waals surface area contributed by atoms with E-state index in [1.165, 1.54) is 266 Å². The molecule has 0 bridgehead atoms. The topological polar surface area (TPSA) is 24.7 Å². The molecule has 0 radical (unpaired) electrons. The molecule has 2 nitrogen and oxygen atoms in total. The number of aryl methyl sites for hydroxylation is 4. The van der Waals surface area contributed by atoms with E-state index in [-0.39, 0.29) is 0 Å². The summed E-state index contributed by atoms with van der Waals surface area (Å²) in [6, 6.07) is 14.4. The van der Waals surface area contributed by atoms with Gasteiger partial charge in [0.1, 0.15) is 0 Å². The van der Waals surface area contributed by atoms with Crippen molar-refractivity contribution in [2.75, 3.05) is 0 Å². The van der Waals surface area contributed by atoms with Gasteiger partial charge in [0.05, 0.1) is 22.8 Å². The highest BCUT2D eigenvalue weighted by Gasteiger charge is 2.10. The van der Waals surface area contributed by atoms with Gasteiger partial charge < -0.3 is 0 Å². The Hall–Kier alpha value is -2.48. The first-order valence-corrected chi connectivity index (χ1v) is 30.6. The Labute approximate surface area is 425 Å². The van der Waals surface area contributed by atoms with Crippen molar-refractivity contribution in [1.29, 1.82) is 0 Å². The third-order valence-corrected chi connectivity index (χ3v) is 14.5. The van der Waals surface area contributed by atoms with E-state index >= 15 is 0 Å². The molecule has 0 aliphatic carbocycles. The lowest BCUT2D eigenvalue weighted by atomic mass is 9.99. The molecule has 388 valence electrons. The number of hydrogen-bond acceptors (Lipinski definition) is 2. The predicted molar refractivity (Wildman–Crippen MR) is 310 cm³/mol. The molecule has 0 saturated heterocycles. The summed E-state index contributed by atoms with van der Waals surface area (Å²) in [7, 11) is 0. The monoisotopic (exact) mass is 935 g/mol. The first kappa shape index (κ1) is 61.6. The third kappa shape index (κ3) is 33.9. The molecule has 0 aliphatic heterocycles. The standard InChI is InChI=1S/C66H114N2/c1-7-13-18-19-20-21-22-23-24-25-26-27-28-29-30-31-32-33-34-35-36-37-38-39-40-41-42-47-52-66(68-64-57-61(50-45-16-10-4)54-62(58-64)51-46-17-11-5)65(12-6)67-63-55-59(48-43-14-8-2)53-60(56-63)49-44-15-9-3/h47,52-58H,7-46,48-51H2,1-6H3/b52-47+,67-65?,68-66?. The van der Waals surface area contributed by atoms with Crippen LogP contribution in [0.1, 0.15) is 321 Å². The zero-order valence-corrected chi connectivity index (χ0v) is 46.6. The van der Waals surface area contributed by atoms with Crippen molar-refractivity contribution in [3.63, 3.8) is 0 Å². The summed E-state index contributed by atoms with van der Waals surface area (Å²) in [6.45, 7) is 13.8. The number of allylic oxidation sites excluding steroid dienone is 2. The Balaban J connectivity index is 1.88. The Kier molecular flexibility index (Phi) is 41.4. The molecule has 0 unspecified atom stereocenters. The van der Waals surface area contributed by atoms with E-state index in [0.29, 0.717) is 0 Å². The van der Waals surface area contributed by atoms with E-state index in [1.54, 1.807) is 0 Å². The molecule has 2 aromatic carbocycles. The Bertz CT molecular complexity index is 1470. The highest BCUT2D eigenvalue weighted by Crippen LogP contribution is 2.26. The molecule has 0 aromatic heterocycles. The number of hydrogen-bond donors (Lipinski definition) is 0. The smallest absolute Gasteiger partial charge is 0.0848 e. The zero-order chi connectivity index (χ0) is 48.8. The van der Waals surface area contributed by atoms with Crippen LogP contribution in [0.5, 0.6) is 0 Å². The first-order chi connectivity index (χ1) is 33.6. The minimum atomic E-state index is 0.869. The quantitative estimate of drug-likeness (QED) is 0.0467. The number of benzene rings is 2. The Morgan fingerprint density at radius 1 is 0.309 bits per heavy atom. The van der Waals surface area contributed by atoms with Crippen LogP contribution in [0, 0.1) is 0 Å². The second-order valence-corrected chi connectivity index (χ2v) is 21.3. The van der Waals surface area contributed by atoms with Crippen LogP contribution in [0.25, 0.3) is 0 Å². The Morgan fingerprint density at radius 2 is 0.574 bits per heavy atom. The van der Waals surface area contributed by atoms with Crippen molar-refractivity contribution in [3.05, 3.63) is 70.8 Å². The van der Waals surface area contributed by atoms with Crippen molar-refractivity contribution >= 4 is 22.8 Å². The van der Waals surface area contributed by atoms with Crippen LogP contribution in [0.3, 0.4) is 0 Å². The molecular formula is C66H114N2. The second-order valence-electron chi connectivity index (χ2n) is 21.3. The van der Waals surface area contributed by atoms with E-state index in [4.69, 9.17) is 9.98 Å². The maximum absolute atomic E-state index is 5.50. The van der Waals surface area contributed by atoms with Gasteiger partial charge in [-0.3, -0.25) is 4.99 Å². The van der Waals surface area contributed by atoms with Gasteiger partial charge in [-0.05, 0) is 123 Å². The van der Waals surface area contributed by atoms with Crippen molar-refractivity contribution in [3.8, 4) is 0 Å². The summed E-state index contributed by atoms with van der Waals surface area (Å²) in [5.41, 5.74) is 10.2. The van der Waals surface area contributed by atoms with Gasteiger partial charge in [0, 0.05) is 0 Å². The molecule has 2 rings (SSSR count). The predicted octanol–water partition coefficient (Wildman–Crippen LogP) is 23.0. The Morgan fingerprint density at radius 3 is 0.868 bits per heavy atom. The van der Waals surface area contributed by atoms with Gasteiger partial charge in [-0.15, -0.1) is 0 Å². The van der Waals surface area contributed by atoms with E-state index in [2.05, 4.69) is 90.1 Å². The highest BCUT2D eigenvalue weighted by molar-refractivity contribution is 6.47. The zero-order valence-electron chi connectivity index (χ0n) is 46.6. The van der Waals surface area contributed by atoms with Crippen LogP contribution in [0.4, 0.5) is 11.4 Å². The molecule has 0 saturated carbocycles. The molecule has 0 amide bonds. The fourth-order valence-electron chi connectivity index (χ4n) is 10.1. The molecule has 0 heterocycles. The molecule has 0 atom stereocenters. The van der Waals surface area contributed by atoms with Crippen LogP contribution in [0.2, 0.25) is 0 Å². The van der Waals surface area contributed by atoms with Crippen LogP contribution >= 0.6 is 0 Å². The summed E-state index contributed by atoms with van der Waals surface area (Å²) < 4.78 is 0. The SMILES string of the molecule is CCCCCCCCCCCCCCCCCCCCCCCCCCCC/C=C/C(=Nc1cc(CCCCC)cc(CCCCC)c1)C(CC)=Nc1cc(CCCCC)cc(CCCCC)c1. The summed E-state index contributed by atoms with van der Waals surface area (Å²) in [5, 5.41) is 0. The molecule has 68 heavy (non-hydrogen) atoms. The van der Waals surface area contributed by atoms with Crippen molar-refractivity contribution in [2.45, 2.75) is 324 Å². The maximum Gasteiger partial charge on any atom is 0.0848 e. The summed E-state index contributed by atoms with van der Waals surface area (Å²) in [6.07, 6.45) is 63.9. The fraction of sp³-hybridized carbons (Fsp3) is 0.758. The number of nitrogens with zero attached hydrogens (tertiary/aromatic N) is 2. The van der Waals surface area contributed by atoms with Crippen molar-refractivity contribution in [1.82, 2.24) is 0 Å². The fourth-order valence-corrected chi connectivity index (χ4v) is 10.1. The highest BCUT2D eigenvalue weighted by atomic mass is 14.8. The molecule has 2 heteroatoms. The van der Waals surface area contributed by atoms with Crippen LogP contribution in [0.15, 0.2) is 58.5 Å². The first-order valence-electron chi connectivity index (χ1n) is 30.6. The average Bonchev–Trinajstić information content (AvgIpc) is 3.34. The number of aliphatic imine (C=N–C) groups is 2. The lowest BCUT2D eigenvalue weighted by molar-refractivity contribution is 0.515. The van der Waals surface area contributed by atoms with E-state index < -0.39 is 0 Å². The molecule has 2 aromatic rings. The minimum Gasteiger partial charge on any atom is -0.251 e. The van der Waals surface area contributed by atoms with Crippen LogP contribution in [-0.4, -0.2) is 11.4 Å². The lowest BCUT2D eigenvalue weighted by Crippen LogP contribution is -2.10. The maximum atomic E-state index is 5.50. The van der Waals surface area contributed by atoms with Gasteiger partial charge in [-0.25, -0.2) is 4.99 Å². The number of unbranched alkanes of at least 4 members (excludes halogenated alkanes) is 34. The summed E-state index contributed by atoms with van der Waals surface area (Å²) >= 11 is 0. The van der Waals surface area contributed by atoms with Gasteiger partial charge in [-0.2, -0.15) is 0 Å². The van der Waals surface area contributed by atoms with E-state index in [0.717, 1.165) is 61.3 Å². The van der Waals surface area contributed by atoms with Crippen LogP contribution in [-0.2, 0) is 25.7 Å². The van der Waals surface area contributed by atoms with Crippen LogP contribution < -0.4 is 0 Å². The van der Waals surface area contributed by atoms with Gasteiger partial charge in [0.25, 0.3) is 0 Å². The molecule has 0 fully saturated rings. The normalized spacial score (nSPS) is 12.3. The van der Waals surface area contributed by atoms with Crippen molar-refractivity contribution < 1.29 is 0 Å². The minimum absolute atomic E-state index is 0.869. The lowest BCUT2D eigenvalue weighted by Gasteiger charge is -2.12. The third-order valence-electron chi connectivity index (χ3n) is 14.5. The average molecular weight is 936 g/mol. The number of rotatable bonds is 48. The van der Waals surface area contributed by atoms with Gasteiger partial charge in [-0.1, -0.05) is 272 Å². The molecular weight excluding hydrogens is 821 g/mol. The molecule has 0 aliphatic rings. The van der Waals surface area contributed by atoms with Gasteiger partial charge >= 0.3 is 0 Å². The molecule has 0 N–H and O–H groups in total. The van der Waals surface area contributed by atoms with E-state index in [9.17, 15) is 0 Å². The summed E-state index contributed by atoms with van der Waals surface area (Å²) in [5.74, 6) is 0. The van der Waals surface area contributed by atoms with E-state index in [1.807, 2.05) is 0 Å². The van der Waals surface area contributed by atoms with Gasteiger partial charge in [0.2, 0.25) is 0 Å². The van der Waals surface area contributed by atoms with Crippen molar-refractivity contribution in [2.24, 2.45) is 9.98 Å². The largest absolute Gasteiger partial charge is 0.251 e. The van der Waals surface area contributed by atoms with Gasteiger partial charge in [0.15, 0.2) is 0 Å². The summed E-state index contributed by atoms with van der Waals surface area (Å²) in [4.78, 5) is 11.0.